The SMILES string of the molecule is Cc1nn(Cc2ccc(C#N)nc2)c(C)c1NC(=O)c1cc(C(F)(F)F)nc2cc(F)c(F)cc12. The minimum absolute atomic E-state index is 0.245. The number of aryl methyl sites for hydroxylation is 1. The summed E-state index contributed by atoms with van der Waals surface area (Å²) in [5.41, 5.74) is -0.369. The number of pyridine rings is 2. The third-order valence-corrected chi connectivity index (χ3v) is 5.28. The predicted molar refractivity (Wildman–Crippen MR) is 114 cm³/mol. The number of anilines is 1. The number of rotatable bonds is 4. The number of carbonyl (C=O) groups excluding carboxylic acids is 1. The zero-order valence-electron chi connectivity index (χ0n) is 18.2. The summed E-state index contributed by atoms with van der Waals surface area (Å²) in [4.78, 5) is 20.4. The van der Waals surface area contributed by atoms with Crippen molar-refractivity contribution < 1.29 is 26.7 Å². The molecule has 0 atom stereocenters. The van der Waals surface area contributed by atoms with Crippen LogP contribution in [0.5, 0.6) is 0 Å². The van der Waals surface area contributed by atoms with Crippen LogP contribution in [0.25, 0.3) is 10.9 Å². The normalized spacial score (nSPS) is 11.5. The number of hydrogen-bond donors (Lipinski definition) is 1. The highest BCUT2D eigenvalue weighted by atomic mass is 19.4. The van der Waals surface area contributed by atoms with Gasteiger partial charge < -0.3 is 5.32 Å². The van der Waals surface area contributed by atoms with Gasteiger partial charge in [-0.05, 0) is 37.6 Å². The second-order valence-electron chi connectivity index (χ2n) is 7.66. The Bertz CT molecular complexity index is 1500. The fourth-order valence-electron chi connectivity index (χ4n) is 3.52. The van der Waals surface area contributed by atoms with Crippen molar-refractivity contribution in [1.82, 2.24) is 19.7 Å². The minimum atomic E-state index is -4.92. The number of halogens is 5. The summed E-state index contributed by atoms with van der Waals surface area (Å²) in [6.45, 7) is 3.49. The van der Waals surface area contributed by atoms with Gasteiger partial charge in [0.1, 0.15) is 17.5 Å². The highest BCUT2D eigenvalue weighted by molar-refractivity contribution is 6.12. The smallest absolute Gasteiger partial charge is 0.319 e. The molecule has 1 N–H and O–H groups in total. The van der Waals surface area contributed by atoms with Crippen molar-refractivity contribution in [3.05, 3.63) is 82.1 Å². The summed E-state index contributed by atoms with van der Waals surface area (Å²) in [5, 5.41) is 15.5. The minimum Gasteiger partial charge on any atom is -0.319 e. The molecule has 35 heavy (non-hydrogen) atoms. The van der Waals surface area contributed by atoms with Gasteiger partial charge >= 0.3 is 6.18 Å². The topological polar surface area (TPSA) is 96.5 Å². The molecule has 0 aliphatic carbocycles. The van der Waals surface area contributed by atoms with E-state index < -0.39 is 40.5 Å². The molecule has 7 nitrogen and oxygen atoms in total. The molecule has 3 heterocycles. The Morgan fingerprint density at radius 2 is 1.86 bits per heavy atom. The van der Waals surface area contributed by atoms with E-state index in [2.05, 4.69) is 20.4 Å². The summed E-state index contributed by atoms with van der Waals surface area (Å²) in [6.07, 6.45) is -3.41. The second kappa shape index (κ2) is 8.75. The first-order valence-corrected chi connectivity index (χ1v) is 10.1. The summed E-state index contributed by atoms with van der Waals surface area (Å²) >= 11 is 0. The van der Waals surface area contributed by atoms with Gasteiger partial charge in [-0.25, -0.2) is 18.7 Å². The van der Waals surface area contributed by atoms with Crippen LogP contribution in [0.15, 0.2) is 36.5 Å². The maximum atomic E-state index is 13.8. The van der Waals surface area contributed by atoms with Crippen LogP contribution in [-0.2, 0) is 12.7 Å². The number of fused-ring (bicyclic) bond motifs is 1. The molecule has 0 bridgehead atoms. The molecule has 1 amide bonds. The Morgan fingerprint density at radius 1 is 1.14 bits per heavy atom. The van der Waals surface area contributed by atoms with E-state index in [1.807, 2.05) is 6.07 Å². The zero-order chi connectivity index (χ0) is 25.5. The average Bonchev–Trinajstić information content (AvgIpc) is 3.06. The Hall–Kier alpha value is -4.40. The number of aromatic nitrogens is 4. The molecular weight excluding hydrogens is 471 g/mol. The van der Waals surface area contributed by atoms with Gasteiger partial charge in [-0.1, -0.05) is 6.07 Å². The number of carbonyl (C=O) groups is 1. The summed E-state index contributed by atoms with van der Waals surface area (Å²) in [5.74, 6) is -3.69. The maximum Gasteiger partial charge on any atom is 0.433 e. The van der Waals surface area contributed by atoms with E-state index in [1.54, 1.807) is 30.7 Å². The van der Waals surface area contributed by atoms with E-state index >= 15 is 0 Å². The lowest BCUT2D eigenvalue weighted by Gasteiger charge is -2.13. The molecule has 0 fully saturated rings. The molecule has 4 rings (SSSR count). The largest absolute Gasteiger partial charge is 0.433 e. The second-order valence-corrected chi connectivity index (χ2v) is 7.66. The molecule has 0 saturated carbocycles. The average molecular weight is 486 g/mol. The van der Waals surface area contributed by atoms with Crippen LogP contribution >= 0.6 is 0 Å². The van der Waals surface area contributed by atoms with Gasteiger partial charge in [0.05, 0.1) is 34.7 Å². The monoisotopic (exact) mass is 486 g/mol. The lowest BCUT2D eigenvalue weighted by atomic mass is 10.1. The Kier molecular flexibility index (Phi) is 5.94. The number of amides is 1. The van der Waals surface area contributed by atoms with Crippen molar-refractivity contribution in [2.45, 2.75) is 26.6 Å². The first-order chi connectivity index (χ1) is 16.5. The van der Waals surface area contributed by atoms with Crippen LogP contribution in [0.1, 0.15) is 38.7 Å². The van der Waals surface area contributed by atoms with Gasteiger partial charge in [-0.15, -0.1) is 0 Å². The Morgan fingerprint density at radius 3 is 2.49 bits per heavy atom. The lowest BCUT2D eigenvalue weighted by molar-refractivity contribution is -0.140. The standard InChI is InChI=1S/C23H15F5N6O/c1-11-21(12(2)34(33-11)10-13-3-4-14(8-29)30-9-13)32-22(35)16-6-20(23(26,27)28)31-19-7-18(25)17(24)5-15(16)19/h3-7,9H,10H2,1-2H3,(H,32,35). The third-order valence-electron chi connectivity index (χ3n) is 5.28. The van der Waals surface area contributed by atoms with Gasteiger partial charge in [0.2, 0.25) is 0 Å². The highest BCUT2D eigenvalue weighted by Crippen LogP contribution is 2.32. The number of nitriles is 1. The highest BCUT2D eigenvalue weighted by Gasteiger charge is 2.34. The molecule has 0 aliphatic rings. The fourth-order valence-corrected chi connectivity index (χ4v) is 3.52. The zero-order valence-corrected chi connectivity index (χ0v) is 18.2. The van der Waals surface area contributed by atoms with Gasteiger partial charge in [0, 0.05) is 17.6 Å². The molecular formula is C23H15F5N6O. The van der Waals surface area contributed by atoms with Crippen molar-refractivity contribution in [3.63, 3.8) is 0 Å². The van der Waals surface area contributed by atoms with Crippen LogP contribution in [0.2, 0.25) is 0 Å². The van der Waals surface area contributed by atoms with Crippen LogP contribution < -0.4 is 5.32 Å². The van der Waals surface area contributed by atoms with Crippen molar-refractivity contribution in [1.29, 1.82) is 5.26 Å². The summed E-state index contributed by atoms with van der Waals surface area (Å²) in [6, 6.07) is 6.78. The summed E-state index contributed by atoms with van der Waals surface area (Å²) < 4.78 is 69.1. The quantitative estimate of drug-likeness (QED) is 0.414. The first kappa shape index (κ1) is 23.7. The van der Waals surface area contributed by atoms with Crippen LogP contribution in [0.3, 0.4) is 0 Å². The van der Waals surface area contributed by atoms with Crippen LogP contribution in [0.4, 0.5) is 27.6 Å². The van der Waals surface area contributed by atoms with Gasteiger partial charge in [0.25, 0.3) is 5.91 Å². The molecule has 0 saturated heterocycles. The Labute approximate surface area is 194 Å². The third kappa shape index (κ3) is 4.65. The number of nitrogens with one attached hydrogen (secondary N) is 1. The van der Waals surface area contributed by atoms with Crippen molar-refractivity contribution in [2.24, 2.45) is 0 Å². The van der Waals surface area contributed by atoms with E-state index in [1.165, 1.54) is 6.20 Å². The molecule has 12 heteroatoms. The van der Waals surface area contributed by atoms with E-state index in [0.717, 1.165) is 5.56 Å². The molecule has 0 radical (unpaired) electrons. The Balaban J connectivity index is 1.71. The van der Waals surface area contributed by atoms with E-state index in [4.69, 9.17) is 5.26 Å². The van der Waals surface area contributed by atoms with Gasteiger partial charge in [-0.2, -0.15) is 23.5 Å². The lowest BCUT2D eigenvalue weighted by Crippen LogP contribution is -2.17. The first-order valence-electron chi connectivity index (χ1n) is 10.1. The number of benzene rings is 1. The predicted octanol–water partition coefficient (Wildman–Crippen LogP) is 4.91. The molecule has 0 unspecified atom stereocenters. The number of hydrogen-bond acceptors (Lipinski definition) is 5. The number of alkyl halides is 3. The number of nitrogens with zero attached hydrogens (tertiary/aromatic N) is 5. The van der Waals surface area contributed by atoms with Crippen LogP contribution in [-0.4, -0.2) is 25.7 Å². The van der Waals surface area contributed by atoms with Gasteiger partial charge in [0.15, 0.2) is 11.6 Å². The molecule has 178 valence electrons. The van der Waals surface area contributed by atoms with E-state index in [0.29, 0.717) is 29.6 Å². The van der Waals surface area contributed by atoms with Crippen molar-refractivity contribution in [2.75, 3.05) is 5.32 Å². The summed E-state index contributed by atoms with van der Waals surface area (Å²) in [7, 11) is 0. The molecule has 3 aromatic heterocycles. The van der Waals surface area contributed by atoms with Crippen molar-refractivity contribution >= 4 is 22.5 Å². The molecule has 4 aromatic rings. The van der Waals surface area contributed by atoms with Gasteiger partial charge in [-0.3, -0.25) is 9.48 Å². The molecule has 1 aromatic carbocycles. The van der Waals surface area contributed by atoms with E-state index in [-0.39, 0.29) is 23.3 Å². The molecule has 0 spiro atoms. The fraction of sp³-hybridized carbons (Fsp3) is 0.174. The maximum absolute atomic E-state index is 13.8. The van der Waals surface area contributed by atoms with Crippen molar-refractivity contribution in [3.8, 4) is 6.07 Å². The van der Waals surface area contributed by atoms with Crippen LogP contribution in [0, 0.1) is 36.8 Å². The molecule has 0 aliphatic heterocycles. The van der Waals surface area contributed by atoms with E-state index in [9.17, 15) is 26.7 Å².